The Balaban J connectivity index is 1.52. The number of hydrogen-bond donors (Lipinski definition) is 2. The minimum absolute atomic E-state index is 0.0349. The third-order valence-electron chi connectivity index (χ3n) is 3.62. The van der Waals surface area contributed by atoms with Crippen LogP contribution in [0.3, 0.4) is 0 Å². The molecule has 2 N–H and O–H groups in total. The summed E-state index contributed by atoms with van der Waals surface area (Å²) in [5.74, 6) is -0.0349. The first kappa shape index (κ1) is 17.2. The number of carbonyl (C=O) groups is 1. The first-order valence-corrected chi connectivity index (χ1v) is 8.76. The Kier molecular flexibility index (Phi) is 5.80. The molecule has 3 rings (SSSR count). The number of aromatic nitrogens is 1. The molecule has 2 aromatic carbocycles. The van der Waals surface area contributed by atoms with Crippen molar-refractivity contribution < 1.29 is 4.79 Å². The summed E-state index contributed by atoms with van der Waals surface area (Å²) in [5, 5.41) is 6.22. The van der Waals surface area contributed by atoms with Gasteiger partial charge in [-0.2, -0.15) is 0 Å². The Morgan fingerprint density at radius 3 is 2.48 bits per heavy atom. The van der Waals surface area contributed by atoms with E-state index in [2.05, 4.69) is 31.5 Å². The molecule has 0 radical (unpaired) electrons. The van der Waals surface area contributed by atoms with Gasteiger partial charge in [0.05, 0.1) is 18.7 Å². The van der Waals surface area contributed by atoms with Gasteiger partial charge in [0.2, 0.25) is 5.91 Å². The molecular weight excluding hydrogens is 378 g/mol. The van der Waals surface area contributed by atoms with E-state index in [1.54, 1.807) is 6.20 Å². The maximum Gasteiger partial charge on any atom is 0.228 e. The fraction of sp³-hybridized carbons (Fsp3) is 0.100. The van der Waals surface area contributed by atoms with E-state index in [0.29, 0.717) is 13.0 Å². The second-order valence-corrected chi connectivity index (χ2v) is 6.52. The van der Waals surface area contributed by atoms with E-state index in [0.717, 1.165) is 27.1 Å². The number of nitrogens with zero attached hydrogens (tertiary/aromatic N) is 1. The van der Waals surface area contributed by atoms with Crippen molar-refractivity contribution in [3.05, 3.63) is 88.7 Å². The second-order valence-electron chi connectivity index (χ2n) is 5.61. The first-order chi connectivity index (χ1) is 12.2. The number of nitrogens with one attached hydrogen (secondary N) is 2. The van der Waals surface area contributed by atoms with Gasteiger partial charge in [-0.25, -0.2) is 0 Å². The molecule has 0 saturated heterocycles. The molecule has 4 nitrogen and oxygen atoms in total. The van der Waals surface area contributed by atoms with Crippen LogP contribution in [-0.2, 0) is 17.8 Å². The predicted octanol–water partition coefficient (Wildman–Crippen LogP) is 4.64. The third kappa shape index (κ3) is 5.43. The number of carbonyl (C=O) groups excluding carboxylic acids is 1. The molecule has 0 bridgehead atoms. The van der Waals surface area contributed by atoms with E-state index in [1.807, 2.05) is 66.7 Å². The van der Waals surface area contributed by atoms with Crippen molar-refractivity contribution in [2.24, 2.45) is 0 Å². The Morgan fingerprint density at radius 2 is 1.76 bits per heavy atom. The summed E-state index contributed by atoms with van der Waals surface area (Å²) < 4.78 is 0.973. The highest BCUT2D eigenvalue weighted by Crippen LogP contribution is 2.16. The molecule has 0 saturated carbocycles. The van der Waals surface area contributed by atoms with Crippen LogP contribution in [0.15, 0.2) is 77.4 Å². The number of hydrogen-bond acceptors (Lipinski definition) is 3. The van der Waals surface area contributed by atoms with Crippen LogP contribution in [0.25, 0.3) is 0 Å². The Labute approximate surface area is 155 Å². The highest BCUT2D eigenvalue weighted by molar-refractivity contribution is 9.10. The van der Waals surface area contributed by atoms with Crippen LogP contribution in [-0.4, -0.2) is 10.9 Å². The molecule has 0 aliphatic rings. The summed E-state index contributed by atoms with van der Waals surface area (Å²) in [7, 11) is 0. The molecule has 0 aliphatic carbocycles. The first-order valence-electron chi connectivity index (χ1n) is 7.97. The van der Waals surface area contributed by atoms with Crippen molar-refractivity contribution in [3.63, 3.8) is 0 Å². The van der Waals surface area contributed by atoms with Gasteiger partial charge in [-0.3, -0.25) is 9.78 Å². The minimum atomic E-state index is -0.0349. The normalized spacial score (nSPS) is 10.3. The number of anilines is 2. The van der Waals surface area contributed by atoms with Gasteiger partial charge in [0.1, 0.15) is 0 Å². The lowest BCUT2D eigenvalue weighted by molar-refractivity contribution is -0.115. The molecule has 0 atom stereocenters. The fourth-order valence-electron chi connectivity index (χ4n) is 2.40. The van der Waals surface area contributed by atoms with Gasteiger partial charge < -0.3 is 10.6 Å². The van der Waals surface area contributed by atoms with Crippen molar-refractivity contribution in [1.29, 1.82) is 0 Å². The Morgan fingerprint density at radius 1 is 0.960 bits per heavy atom. The maximum atomic E-state index is 12.1. The van der Waals surface area contributed by atoms with E-state index in [9.17, 15) is 4.79 Å². The van der Waals surface area contributed by atoms with Gasteiger partial charge in [-0.1, -0.05) is 34.1 Å². The smallest absolute Gasteiger partial charge is 0.228 e. The van der Waals surface area contributed by atoms with E-state index in [1.165, 1.54) is 0 Å². The summed E-state index contributed by atoms with van der Waals surface area (Å²) in [4.78, 5) is 16.4. The van der Waals surface area contributed by atoms with Gasteiger partial charge in [0.15, 0.2) is 0 Å². The lowest BCUT2D eigenvalue weighted by atomic mass is 10.1. The lowest BCUT2D eigenvalue weighted by Gasteiger charge is -2.09. The van der Waals surface area contributed by atoms with Crippen LogP contribution in [0.5, 0.6) is 0 Å². The second kappa shape index (κ2) is 8.44. The largest absolute Gasteiger partial charge is 0.379 e. The summed E-state index contributed by atoms with van der Waals surface area (Å²) in [5.41, 5.74) is 3.72. The zero-order valence-corrected chi connectivity index (χ0v) is 15.2. The summed E-state index contributed by atoms with van der Waals surface area (Å²) in [6.07, 6.45) is 2.13. The lowest BCUT2D eigenvalue weighted by Crippen LogP contribution is -2.14. The van der Waals surface area contributed by atoms with Gasteiger partial charge >= 0.3 is 0 Å². The average molecular weight is 396 g/mol. The summed E-state index contributed by atoms with van der Waals surface area (Å²) in [6.45, 7) is 0.662. The molecular formula is C20H18BrN3O. The zero-order chi connectivity index (χ0) is 17.5. The third-order valence-corrected chi connectivity index (χ3v) is 4.12. The number of rotatable bonds is 6. The molecule has 0 unspecified atom stereocenters. The Hall–Kier alpha value is -2.66. The molecule has 0 spiro atoms. The standard InChI is InChI=1S/C20H18BrN3O/c21-16-5-3-4-15(12-16)13-20(25)24-18-9-7-17(8-10-18)23-14-19-6-1-2-11-22-19/h1-12,23H,13-14H2,(H,24,25). The molecule has 0 aliphatic heterocycles. The number of pyridine rings is 1. The van der Waals surface area contributed by atoms with Crippen LogP contribution in [0.2, 0.25) is 0 Å². The molecule has 3 aromatic rings. The molecule has 0 fully saturated rings. The molecule has 25 heavy (non-hydrogen) atoms. The topological polar surface area (TPSA) is 54.0 Å². The van der Waals surface area contributed by atoms with E-state index in [-0.39, 0.29) is 5.91 Å². The quantitative estimate of drug-likeness (QED) is 0.639. The maximum absolute atomic E-state index is 12.1. The number of amides is 1. The van der Waals surface area contributed by atoms with Crippen molar-refractivity contribution in [2.45, 2.75) is 13.0 Å². The van der Waals surface area contributed by atoms with Crippen LogP contribution in [0, 0.1) is 0 Å². The highest BCUT2D eigenvalue weighted by Gasteiger charge is 2.05. The van der Waals surface area contributed by atoms with Crippen molar-refractivity contribution in [2.75, 3.05) is 10.6 Å². The van der Waals surface area contributed by atoms with Gasteiger partial charge in [0, 0.05) is 22.0 Å². The fourth-order valence-corrected chi connectivity index (χ4v) is 2.85. The van der Waals surface area contributed by atoms with Crippen LogP contribution >= 0.6 is 15.9 Å². The summed E-state index contributed by atoms with van der Waals surface area (Å²) >= 11 is 3.42. The van der Waals surface area contributed by atoms with Crippen LogP contribution in [0.4, 0.5) is 11.4 Å². The van der Waals surface area contributed by atoms with Crippen LogP contribution < -0.4 is 10.6 Å². The van der Waals surface area contributed by atoms with Gasteiger partial charge in [-0.05, 0) is 54.1 Å². The van der Waals surface area contributed by atoms with Crippen molar-refractivity contribution in [3.8, 4) is 0 Å². The molecule has 1 amide bonds. The number of halogens is 1. The van der Waals surface area contributed by atoms with E-state index < -0.39 is 0 Å². The average Bonchev–Trinajstić information content (AvgIpc) is 2.62. The van der Waals surface area contributed by atoms with Gasteiger partial charge in [-0.15, -0.1) is 0 Å². The molecule has 5 heteroatoms. The molecule has 1 heterocycles. The van der Waals surface area contributed by atoms with E-state index in [4.69, 9.17) is 0 Å². The zero-order valence-electron chi connectivity index (χ0n) is 13.6. The van der Waals surface area contributed by atoms with Crippen molar-refractivity contribution >= 4 is 33.2 Å². The SMILES string of the molecule is O=C(Cc1cccc(Br)c1)Nc1ccc(NCc2ccccn2)cc1. The Bertz CT molecular complexity index is 835. The van der Waals surface area contributed by atoms with Crippen LogP contribution in [0.1, 0.15) is 11.3 Å². The molecule has 1 aromatic heterocycles. The van der Waals surface area contributed by atoms with E-state index >= 15 is 0 Å². The number of benzene rings is 2. The highest BCUT2D eigenvalue weighted by atomic mass is 79.9. The predicted molar refractivity (Wildman–Crippen MR) is 104 cm³/mol. The van der Waals surface area contributed by atoms with Crippen molar-refractivity contribution in [1.82, 2.24) is 4.98 Å². The summed E-state index contributed by atoms with van der Waals surface area (Å²) in [6, 6.07) is 21.3. The monoisotopic (exact) mass is 395 g/mol. The minimum Gasteiger partial charge on any atom is -0.379 e. The molecule has 126 valence electrons. The van der Waals surface area contributed by atoms with Gasteiger partial charge in [0.25, 0.3) is 0 Å².